The van der Waals surface area contributed by atoms with Gasteiger partial charge in [-0.05, 0) is 18.5 Å². The van der Waals surface area contributed by atoms with Crippen LogP contribution in [0.5, 0.6) is 0 Å². The number of hydrogen-bond acceptors (Lipinski definition) is 4. The highest BCUT2D eigenvalue weighted by molar-refractivity contribution is 7.81. The highest BCUT2D eigenvalue weighted by atomic mass is 32.1. The predicted octanol–water partition coefficient (Wildman–Crippen LogP) is 1.39. The van der Waals surface area contributed by atoms with Crippen LogP contribution in [0.2, 0.25) is 0 Å². The van der Waals surface area contributed by atoms with Crippen LogP contribution in [0.4, 0.5) is 0 Å². The molecule has 1 fully saturated rings. The first kappa shape index (κ1) is 11.5. The van der Waals surface area contributed by atoms with Crippen LogP contribution in [0.3, 0.4) is 0 Å². The van der Waals surface area contributed by atoms with Crippen molar-refractivity contribution >= 4 is 18.6 Å². The summed E-state index contributed by atoms with van der Waals surface area (Å²) < 4.78 is 5.23. The zero-order chi connectivity index (χ0) is 11.4. The van der Waals surface area contributed by atoms with Gasteiger partial charge in [0.15, 0.2) is 0 Å². The topological polar surface area (TPSA) is 38.3 Å². The number of carbonyl (C=O) groups excluding carboxylic acids is 1. The first-order valence-corrected chi connectivity index (χ1v) is 5.91. The van der Waals surface area contributed by atoms with Gasteiger partial charge >= 0.3 is 5.97 Å². The molecule has 0 spiro atoms. The Bertz CT molecular complexity index is 355. The van der Waals surface area contributed by atoms with E-state index in [-0.39, 0.29) is 17.3 Å². The minimum atomic E-state index is -0.257. The van der Waals surface area contributed by atoms with Crippen LogP contribution in [0.1, 0.15) is 12.0 Å². The summed E-state index contributed by atoms with van der Waals surface area (Å²) in [7, 11) is 0. The summed E-state index contributed by atoms with van der Waals surface area (Å²) in [5.74, 6) is -0.207. The molecule has 1 aromatic rings. The predicted molar refractivity (Wildman–Crippen MR) is 65.4 cm³/mol. The SMILES string of the molecule is O=C(OCc1ccccc1)C1NCCC1S. The number of thiol groups is 1. The third-order valence-electron chi connectivity index (χ3n) is 2.67. The summed E-state index contributed by atoms with van der Waals surface area (Å²) in [5.41, 5.74) is 1.00. The first-order chi connectivity index (χ1) is 7.77. The van der Waals surface area contributed by atoms with Crippen molar-refractivity contribution in [2.75, 3.05) is 6.54 Å². The number of nitrogens with one attached hydrogen (secondary N) is 1. The number of ether oxygens (including phenoxy) is 1. The Hall–Kier alpha value is -1.00. The van der Waals surface area contributed by atoms with Crippen molar-refractivity contribution < 1.29 is 9.53 Å². The molecule has 2 atom stereocenters. The summed E-state index contributed by atoms with van der Waals surface area (Å²) in [5, 5.41) is 3.16. The molecule has 1 aromatic carbocycles. The quantitative estimate of drug-likeness (QED) is 0.616. The van der Waals surface area contributed by atoms with Crippen molar-refractivity contribution in [1.82, 2.24) is 5.32 Å². The molecule has 1 saturated heterocycles. The second-order valence-corrected chi connectivity index (χ2v) is 4.54. The average molecular weight is 237 g/mol. The first-order valence-electron chi connectivity index (χ1n) is 5.39. The van der Waals surface area contributed by atoms with Crippen LogP contribution in [0.15, 0.2) is 30.3 Å². The lowest BCUT2D eigenvalue weighted by Gasteiger charge is -2.13. The van der Waals surface area contributed by atoms with E-state index in [9.17, 15) is 4.79 Å². The molecule has 3 nitrogen and oxygen atoms in total. The molecule has 0 saturated carbocycles. The van der Waals surface area contributed by atoms with Gasteiger partial charge in [0, 0.05) is 5.25 Å². The van der Waals surface area contributed by atoms with Gasteiger partial charge < -0.3 is 10.1 Å². The van der Waals surface area contributed by atoms with Crippen LogP contribution in [0, 0.1) is 0 Å². The summed E-state index contributed by atoms with van der Waals surface area (Å²) >= 11 is 4.34. The lowest BCUT2D eigenvalue weighted by atomic mass is 10.2. The summed E-state index contributed by atoms with van der Waals surface area (Å²) in [4.78, 5) is 11.7. The molecule has 1 aliphatic heterocycles. The van der Waals surface area contributed by atoms with Crippen LogP contribution < -0.4 is 5.32 Å². The third kappa shape index (κ3) is 2.77. The van der Waals surface area contributed by atoms with Crippen molar-refractivity contribution in [2.24, 2.45) is 0 Å². The number of benzene rings is 1. The van der Waals surface area contributed by atoms with E-state index in [4.69, 9.17) is 4.74 Å². The fourth-order valence-electron chi connectivity index (χ4n) is 1.75. The monoisotopic (exact) mass is 237 g/mol. The van der Waals surface area contributed by atoms with E-state index in [1.54, 1.807) is 0 Å². The molecule has 1 aliphatic rings. The van der Waals surface area contributed by atoms with E-state index in [1.807, 2.05) is 30.3 Å². The summed E-state index contributed by atoms with van der Waals surface area (Å²) in [6.45, 7) is 1.16. The van der Waals surface area contributed by atoms with E-state index in [2.05, 4.69) is 17.9 Å². The largest absolute Gasteiger partial charge is 0.460 e. The van der Waals surface area contributed by atoms with Crippen molar-refractivity contribution in [3.63, 3.8) is 0 Å². The second-order valence-electron chi connectivity index (χ2n) is 3.88. The van der Waals surface area contributed by atoms with E-state index < -0.39 is 0 Å². The molecule has 0 amide bonds. The summed E-state index contributed by atoms with van der Waals surface area (Å²) in [6.07, 6.45) is 0.911. The van der Waals surface area contributed by atoms with Gasteiger partial charge in [0.05, 0.1) is 0 Å². The van der Waals surface area contributed by atoms with E-state index in [0.29, 0.717) is 6.61 Å². The minimum absolute atomic E-state index is 0.0725. The van der Waals surface area contributed by atoms with Crippen molar-refractivity contribution in [3.05, 3.63) is 35.9 Å². The Kier molecular flexibility index (Phi) is 3.85. The zero-order valence-electron chi connectivity index (χ0n) is 8.93. The molecule has 0 bridgehead atoms. The Morgan fingerprint density at radius 3 is 2.81 bits per heavy atom. The van der Waals surface area contributed by atoms with Crippen LogP contribution in [0.25, 0.3) is 0 Å². The number of carbonyl (C=O) groups is 1. The maximum absolute atomic E-state index is 11.7. The number of hydrogen-bond donors (Lipinski definition) is 2. The summed E-state index contributed by atoms with van der Waals surface area (Å²) in [6, 6.07) is 9.41. The van der Waals surface area contributed by atoms with Gasteiger partial charge in [-0.2, -0.15) is 12.6 Å². The molecule has 2 unspecified atom stereocenters. The smallest absolute Gasteiger partial charge is 0.324 e. The third-order valence-corrected chi connectivity index (χ3v) is 3.22. The molecule has 1 N–H and O–H groups in total. The van der Waals surface area contributed by atoms with Crippen LogP contribution in [-0.2, 0) is 16.1 Å². The Balaban J connectivity index is 1.84. The van der Waals surface area contributed by atoms with Gasteiger partial charge in [0.2, 0.25) is 0 Å². The molecule has 0 aromatic heterocycles. The van der Waals surface area contributed by atoms with Gasteiger partial charge in [-0.25, -0.2) is 0 Å². The van der Waals surface area contributed by atoms with E-state index >= 15 is 0 Å². The zero-order valence-corrected chi connectivity index (χ0v) is 9.82. The van der Waals surface area contributed by atoms with Gasteiger partial charge in [0.25, 0.3) is 0 Å². The Morgan fingerprint density at radius 1 is 1.44 bits per heavy atom. The Labute approximate surface area is 101 Å². The normalized spacial score (nSPS) is 24.3. The van der Waals surface area contributed by atoms with Crippen LogP contribution in [-0.4, -0.2) is 23.8 Å². The molecule has 2 rings (SSSR count). The highest BCUT2D eigenvalue weighted by Crippen LogP contribution is 2.15. The number of rotatable bonds is 3. The standard InChI is InChI=1S/C12H15NO2S/c14-12(11-10(16)6-7-13-11)15-8-9-4-2-1-3-5-9/h1-5,10-11,13,16H,6-8H2. The molecule has 16 heavy (non-hydrogen) atoms. The highest BCUT2D eigenvalue weighted by Gasteiger charge is 2.31. The molecule has 0 radical (unpaired) electrons. The van der Waals surface area contributed by atoms with Crippen molar-refractivity contribution in [1.29, 1.82) is 0 Å². The second kappa shape index (κ2) is 5.37. The lowest BCUT2D eigenvalue weighted by Crippen LogP contribution is -2.37. The average Bonchev–Trinajstić information content (AvgIpc) is 2.74. The molecular formula is C12H15NO2S. The minimum Gasteiger partial charge on any atom is -0.460 e. The van der Waals surface area contributed by atoms with Crippen molar-refractivity contribution in [3.8, 4) is 0 Å². The van der Waals surface area contributed by atoms with Gasteiger partial charge in [0.1, 0.15) is 12.6 Å². The van der Waals surface area contributed by atoms with E-state index in [1.165, 1.54) is 0 Å². The maximum atomic E-state index is 11.7. The van der Waals surface area contributed by atoms with Crippen LogP contribution >= 0.6 is 12.6 Å². The fraction of sp³-hybridized carbons (Fsp3) is 0.417. The molecular weight excluding hydrogens is 222 g/mol. The van der Waals surface area contributed by atoms with Gasteiger partial charge in [-0.1, -0.05) is 30.3 Å². The number of esters is 1. The Morgan fingerprint density at radius 2 is 2.19 bits per heavy atom. The van der Waals surface area contributed by atoms with Crippen molar-refractivity contribution in [2.45, 2.75) is 24.3 Å². The van der Waals surface area contributed by atoms with E-state index in [0.717, 1.165) is 18.5 Å². The molecule has 0 aliphatic carbocycles. The fourth-order valence-corrected chi connectivity index (χ4v) is 2.10. The van der Waals surface area contributed by atoms with Gasteiger partial charge in [-0.15, -0.1) is 0 Å². The molecule has 4 heteroatoms. The van der Waals surface area contributed by atoms with Gasteiger partial charge in [-0.3, -0.25) is 4.79 Å². The maximum Gasteiger partial charge on any atom is 0.324 e. The molecule has 1 heterocycles. The lowest BCUT2D eigenvalue weighted by molar-refractivity contribution is -0.146. The molecule has 86 valence electrons.